The topological polar surface area (TPSA) is 114 Å². The van der Waals surface area contributed by atoms with Crippen molar-refractivity contribution in [1.29, 1.82) is 0 Å². The molecule has 0 atom stereocenters. The van der Waals surface area contributed by atoms with Crippen LogP contribution in [0.2, 0.25) is 0 Å². The second-order valence-corrected chi connectivity index (χ2v) is 14.2. The summed E-state index contributed by atoms with van der Waals surface area (Å²) in [5, 5.41) is 0.739. The number of benzene rings is 6. The predicted octanol–water partition coefficient (Wildman–Crippen LogP) is 9.62. The Hall–Kier alpha value is -7.39. The minimum atomic E-state index is -0.926. The van der Waals surface area contributed by atoms with Gasteiger partial charge in [-0.25, -0.2) is 9.59 Å². The highest BCUT2D eigenvalue weighted by atomic mass is 16.5. The molecule has 0 fully saturated rings. The second-order valence-electron chi connectivity index (χ2n) is 14.2. The molecule has 0 aliphatic heterocycles. The molecule has 0 bridgehead atoms. The molecule has 0 spiro atoms. The van der Waals surface area contributed by atoms with Gasteiger partial charge in [0.1, 0.15) is 45.3 Å². The van der Waals surface area contributed by atoms with Crippen molar-refractivity contribution in [2.75, 3.05) is 26.4 Å². The third kappa shape index (κ3) is 9.82. The highest BCUT2D eigenvalue weighted by Gasteiger charge is 2.24. The Morgan fingerprint density at radius 1 is 0.400 bits per heavy atom. The second kappa shape index (κ2) is 18.9. The van der Waals surface area contributed by atoms with E-state index in [1.54, 1.807) is 24.3 Å². The van der Waals surface area contributed by atoms with Crippen molar-refractivity contribution in [3.63, 3.8) is 0 Å². The lowest BCUT2D eigenvalue weighted by Crippen LogP contribution is -2.21. The Balaban J connectivity index is 1.10. The molecule has 0 aliphatic rings. The van der Waals surface area contributed by atoms with Crippen LogP contribution in [0.3, 0.4) is 0 Å². The Morgan fingerprint density at radius 3 is 1.05 bits per heavy atom. The van der Waals surface area contributed by atoms with Crippen LogP contribution >= 0.6 is 0 Å². The van der Waals surface area contributed by atoms with E-state index in [1.165, 1.54) is 12.1 Å². The number of hydrogen-bond acceptors (Lipinski definition) is 9. The van der Waals surface area contributed by atoms with Gasteiger partial charge in [-0.3, -0.25) is 4.79 Å². The molecule has 8 rings (SSSR count). The van der Waals surface area contributed by atoms with Gasteiger partial charge >= 0.3 is 11.3 Å². The van der Waals surface area contributed by atoms with E-state index in [1.807, 2.05) is 121 Å². The molecule has 9 nitrogen and oxygen atoms in total. The van der Waals surface area contributed by atoms with Crippen molar-refractivity contribution in [2.24, 2.45) is 0 Å². The zero-order valence-corrected chi connectivity index (χ0v) is 32.8. The molecule has 2 heterocycles. The number of ketones is 1. The lowest BCUT2D eigenvalue weighted by atomic mass is 10.0. The third-order valence-electron chi connectivity index (χ3n) is 10.1. The molecule has 0 radical (unpaired) electrons. The molecule has 0 amide bonds. The van der Waals surface area contributed by atoms with Crippen LogP contribution in [0.4, 0.5) is 0 Å². The minimum absolute atomic E-state index is 0.169. The molecule has 8 aromatic rings. The zero-order valence-electron chi connectivity index (χ0n) is 32.8. The molecule has 0 aliphatic carbocycles. The molecule has 6 aromatic carbocycles. The van der Waals surface area contributed by atoms with Gasteiger partial charge in [-0.2, -0.15) is 0 Å². The van der Waals surface area contributed by atoms with Crippen molar-refractivity contribution < 1.29 is 32.6 Å². The Kier molecular flexibility index (Phi) is 12.4. The molecule has 60 heavy (non-hydrogen) atoms. The van der Waals surface area contributed by atoms with Crippen LogP contribution in [-0.4, -0.2) is 32.2 Å². The highest BCUT2D eigenvalue weighted by molar-refractivity contribution is 6.11. The summed E-state index contributed by atoms with van der Waals surface area (Å²) in [6.45, 7) is 1.34. The van der Waals surface area contributed by atoms with Crippen molar-refractivity contribution >= 4 is 27.7 Å². The fourth-order valence-corrected chi connectivity index (χ4v) is 6.90. The standard InChI is InChI=1S/C51H42O9/c52-49(43-33-41-45(57-27-23-37-17-9-3-10-18-37)29-39(31-47(41)59-50(43)53)55-25-21-35-13-5-1-6-14-35)44-34-42-46(58-28-24-38-19-11-4-12-20-38)30-40(32-48(42)60-51(44)54)56-26-22-36-15-7-2-8-16-36/h1-20,29-34H,21-28H2. The molecule has 2 aromatic heterocycles. The molecule has 0 N–H and O–H groups in total. The first kappa shape index (κ1) is 39.4. The average Bonchev–Trinajstić information content (AvgIpc) is 3.27. The Bertz CT molecular complexity index is 2620. The smallest absolute Gasteiger partial charge is 0.347 e. The van der Waals surface area contributed by atoms with Gasteiger partial charge < -0.3 is 27.8 Å². The summed E-state index contributed by atoms with van der Waals surface area (Å²) < 4.78 is 36.3. The van der Waals surface area contributed by atoms with E-state index >= 15 is 0 Å². The van der Waals surface area contributed by atoms with Gasteiger partial charge in [-0.15, -0.1) is 0 Å². The van der Waals surface area contributed by atoms with Crippen molar-refractivity contribution in [3.8, 4) is 23.0 Å². The largest absolute Gasteiger partial charge is 0.493 e. The Morgan fingerprint density at radius 2 is 0.717 bits per heavy atom. The van der Waals surface area contributed by atoms with Gasteiger partial charge in [0, 0.05) is 49.9 Å². The van der Waals surface area contributed by atoms with E-state index in [2.05, 4.69) is 0 Å². The summed E-state index contributed by atoms with van der Waals surface area (Å²) in [6, 6.07) is 49.1. The number of rotatable bonds is 18. The van der Waals surface area contributed by atoms with Crippen molar-refractivity contribution in [2.45, 2.75) is 25.7 Å². The maximum atomic E-state index is 14.2. The maximum absolute atomic E-state index is 14.2. The summed E-state index contributed by atoms with van der Waals surface area (Å²) in [5.41, 5.74) is 2.17. The number of hydrogen-bond donors (Lipinski definition) is 0. The molecular weight excluding hydrogens is 757 g/mol. The first-order chi connectivity index (χ1) is 29.5. The fraction of sp³-hybridized carbons (Fsp3) is 0.157. The summed E-state index contributed by atoms with van der Waals surface area (Å²) >= 11 is 0. The molecule has 300 valence electrons. The summed E-state index contributed by atoms with van der Waals surface area (Å²) in [5.74, 6) is 0.728. The van der Waals surface area contributed by atoms with Gasteiger partial charge in [0.2, 0.25) is 5.78 Å². The molecule has 0 saturated carbocycles. The first-order valence-electron chi connectivity index (χ1n) is 19.9. The summed E-state index contributed by atoms with van der Waals surface area (Å²) in [4.78, 5) is 41.4. The van der Waals surface area contributed by atoms with Crippen LogP contribution in [0, 0.1) is 0 Å². The number of ether oxygens (including phenoxy) is 4. The van der Waals surface area contributed by atoms with Gasteiger partial charge in [0.15, 0.2) is 0 Å². The zero-order chi connectivity index (χ0) is 41.1. The van der Waals surface area contributed by atoms with E-state index in [0.717, 1.165) is 22.3 Å². The summed E-state index contributed by atoms with van der Waals surface area (Å²) in [7, 11) is 0. The van der Waals surface area contributed by atoms with Crippen LogP contribution < -0.4 is 30.2 Å². The summed E-state index contributed by atoms with van der Waals surface area (Å²) in [6.07, 6.45) is 2.55. The predicted molar refractivity (Wildman–Crippen MR) is 231 cm³/mol. The van der Waals surface area contributed by atoms with E-state index in [0.29, 0.717) is 85.9 Å². The van der Waals surface area contributed by atoms with E-state index in [-0.39, 0.29) is 22.3 Å². The van der Waals surface area contributed by atoms with Crippen LogP contribution in [-0.2, 0) is 25.7 Å². The van der Waals surface area contributed by atoms with Gasteiger partial charge in [0.05, 0.1) is 37.2 Å². The van der Waals surface area contributed by atoms with Gasteiger partial charge in [-0.1, -0.05) is 121 Å². The van der Waals surface area contributed by atoms with Crippen molar-refractivity contribution in [3.05, 3.63) is 212 Å². The SMILES string of the molecule is O=C(c1cc2c(OCCc3ccccc3)cc(OCCc3ccccc3)cc2oc1=O)c1cc2c(OCCc3ccccc3)cc(OCCc3ccccc3)cc2oc1=O. The normalized spacial score (nSPS) is 11.1. The van der Waals surface area contributed by atoms with Crippen LogP contribution in [0.1, 0.15) is 38.2 Å². The lowest BCUT2D eigenvalue weighted by Gasteiger charge is -2.14. The van der Waals surface area contributed by atoms with Crippen LogP contribution in [0.25, 0.3) is 21.9 Å². The monoisotopic (exact) mass is 798 g/mol. The molecule has 9 heteroatoms. The van der Waals surface area contributed by atoms with Gasteiger partial charge in [-0.05, 0) is 34.4 Å². The number of carbonyl (C=O) groups excluding carboxylic acids is 1. The first-order valence-corrected chi connectivity index (χ1v) is 19.9. The minimum Gasteiger partial charge on any atom is -0.493 e. The van der Waals surface area contributed by atoms with E-state index < -0.39 is 17.0 Å². The molecular formula is C51H42O9. The van der Waals surface area contributed by atoms with E-state index in [9.17, 15) is 14.4 Å². The van der Waals surface area contributed by atoms with E-state index in [4.69, 9.17) is 27.8 Å². The third-order valence-corrected chi connectivity index (χ3v) is 10.1. The number of carbonyl (C=O) groups is 1. The van der Waals surface area contributed by atoms with Crippen LogP contribution in [0.5, 0.6) is 23.0 Å². The van der Waals surface area contributed by atoms with Crippen LogP contribution in [0.15, 0.2) is 176 Å². The number of fused-ring (bicyclic) bond motifs is 2. The Labute approximate surface area is 346 Å². The molecule has 0 saturated heterocycles. The maximum Gasteiger partial charge on any atom is 0.347 e. The van der Waals surface area contributed by atoms with Crippen molar-refractivity contribution in [1.82, 2.24) is 0 Å². The fourth-order valence-electron chi connectivity index (χ4n) is 6.90. The van der Waals surface area contributed by atoms with Gasteiger partial charge in [0.25, 0.3) is 0 Å². The highest BCUT2D eigenvalue weighted by Crippen LogP contribution is 2.34. The average molecular weight is 799 g/mol. The lowest BCUT2D eigenvalue weighted by molar-refractivity contribution is 0.103. The molecule has 0 unspecified atom stereocenters. The quantitative estimate of drug-likeness (QED) is 0.0619.